The van der Waals surface area contributed by atoms with Gasteiger partial charge in [-0.1, -0.05) is 36.4 Å². The van der Waals surface area contributed by atoms with Crippen molar-refractivity contribution in [2.75, 3.05) is 0 Å². The summed E-state index contributed by atoms with van der Waals surface area (Å²) in [5.74, 6) is -0.137. The molecule has 1 amide bonds. The number of benzene rings is 1. The highest BCUT2D eigenvalue weighted by molar-refractivity contribution is 7.09. The van der Waals surface area contributed by atoms with Crippen LogP contribution in [0.25, 0.3) is 11.3 Å². The van der Waals surface area contributed by atoms with Gasteiger partial charge >= 0.3 is 0 Å². The smallest absolute Gasteiger partial charge is 0.255 e. The minimum atomic E-state index is -0.137. The molecule has 0 radical (unpaired) electrons. The number of amides is 1. The summed E-state index contributed by atoms with van der Waals surface area (Å²) in [4.78, 5) is 18.1. The second-order valence-electron chi connectivity index (χ2n) is 6.08. The molecule has 0 aliphatic carbocycles. The average molecular weight is 374 g/mol. The maximum Gasteiger partial charge on any atom is 0.255 e. The summed E-state index contributed by atoms with van der Waals surface area (Å²) in [5.41, 5.74) is 3.15. The van der Waals surface area contributed by atoms with Crippen molar-refractivity contribution in [3.63, 3.8) is 0 Å². The predicted molar refractivity (Wildman–Crippen MR) is 106 cm³/mol. The largest absolute Gasteiger partial charge is 0.347 e. The summed E-state index contributed by atoms with van der Waals surface area (Å²) in [6.07, 6.45) is 5.24. The van der Waals surface area contributed by atoms with Gasteiger partial charge in [-0.25, -0.2) is 0 Å². The van der Waals surface area contributed by atoms with E-state index >= 15 is 0 Å². The molecule has 4 rings (SSSR count). The molecule has 0 saturated heterocycles. The van der Waals surface area contributed by atoms with Gasteiger partial charge < -0.3 is 5.32 Å². The summed E-state index contributed by atoms with van der Waals surface area (Å²) in [6.45, 7) is 1.11. The van der Waals surface area contributed by atoms with Gasteiger partial charge in [0, 0.05) is 29.0 Å². The minimum absolute atomic E-state index is 0.137. The van der Waals surface area contributed by atoms with Crippen molar-refractivity contribution in [3.8, 4) is 11.3 Å². The highest BCUT2D eigenvalue weighted by Gasteiger charge is 2.18. The Labute approximate surface area is 161 Å². The van der Waals surface area contributed by atoms with Crippen molar-refractivity contribution in [3.05, 3.63) is 94.6 Å². The maximum absolute atomic E-state index is 12.8. The molecule has 4 aromatic rings. The van der Waals surface area contributed by atoms with Crippen molar-refractivity contribution < 1.29 is 4.79 Å². The molecule has 0 atom stereocenters. The number of carbonyl (C=O) groups excluding carboxylic acids is 1. The lowest BCUT2D eigenvalue weighted by molar-refractivity contribution is 0.0952. The van der Waals surface area contributed by atoms with E-state index in [1.54, 1.807) is 34.6 Å². The Kier molecular flexibility index (Phi) is 5.07. The van der Waals surface area contributed by atoms with E-state index in [9.17, 15) is 4.79 Å². The first kappa shape index (κ1) is 17.2. The monoisotopic (exact) mass is 374 g/mol. The van der Waals surface area contributed by atoms with Gasteiger partial charge in [0.05, 0.1) is 18.7 Å². The summed E-state index contributed by atoms with van der Waals surface area (Å²) in [6, 6.07) is 17.8. The van der Waals surface area contributed by atoms with Crippen LogP contribution in [0.2, 0.25) is 0 Å². The zero-order chi connectivity index (χ0) is 18.5. The molecule has 3 aromatic heterocycles. The molecule has 0 spiro atoms. The van der Waals surface area contributed by atoms with Gasteiger partial charge in [-0.05, 0) is 29.1 Å². The van der Waals surface area contributed by atoms with Gasteiger partial charge in [0.1, 0.15) is 5.69 Å². The molecule has 0 aliphatic rings. The topological polar surface area (TPSA) is 59.8 Å². The van der Waals surface area contributed by atoms with Crippen LogP contribution in [0.4, 0.5) is 0 Å². The van der Waals surface area contributed by atoms with Crippen molar-refractivity contribution in [2.45, 2.75) is 13.1 Å². The third-order valence-electron chi connectivity index (χ3n) is 4.13. The van der Waals surface area contributed by atoms with Crippen LogP contribution in [0.5, 0.6) is 0 Å². The Balaban J connectivity index is 1.62. The van der Waals surface area contributed by atoms with E-state index in [-0.39, 0.29) is 5.91 Å². The second kappa shape index (κ2) is 7.97. The number of nitrogens with one attached hydrogen (secondary N) is 1. The van der Waals surface area contributed by atoms with Crippen LogP contribution >= 0.6 is 11.3 Å². The highest BCUT2D eigenvalue weighted by Crippen LogP contribution is 2.22. The van der Waals surface area contributed by atoms with Gasteiger partial charge in [0.25, 0.3) is 5.91 Å². The van der Waals surface area contributed by atoms with Crippen LogP contribution in [0.3, 0.4) is 0 Å². The minimum Gasteiger partial charge on any atom is -0.347 e. The Morgan fingerprint density at radius 1 is 1.07 bits per heavy atom. The number of rotatable bonds is 6. The van der Waals surface area contributed by atoms with Crippen molar-refractivity contribution >= 4 is 17.2 Å². The highest BCUT2D eigenvalue weighted by atomic mass is 32.1. The predicted octanol–water partition coefficient (Wildman–Crippen LogP) is 3.98. The third kappa shape index (κ3) is 4.12. The van der Waals surface area contributed by atoms with E-state index in [2.05, 4.69) is 15.4 Å². The summed E-state index contributed by atoms with van der Waals surface area (Å²) in [7, 11) is 0. The number of nitrogens with zero attached hydrogens (tertiary/aromatic N) is 3. The molecule has 5 nitrogen and oxygen atoms in total. The van der Waals surface area contributed by atoms with E-state index < -0.39 is 0 Å². The molecule has 6 heteroatoms. The quantitative estimate of drug-likeness (QED) is 0.555. The van der Waals surface area contributed by atoms with Crippen molar-refractivity contribution in [1.82, 2.24) is 20.1 Å². The van der Waals surface area contributed by atoms with Crippen LogP contribution in [0.15, 0.2) is 78.6 Å². The van der Waals surface area contributed by atoms with Crippen LogP contribution in [0, 0.1) is 0 Å². The fourth-order valence-corrected chi connectivity index (χ4v) is 3.48. The summed E-state index contributed by atoms with van der Waals surface area (Å²) < 4.78 is 1.80. The lowest BCUT2D eigenvalue weighted by Gasteiger charge is -2.04. The third-order valence-corrected chi connectivity index (χ3v) is 5.01. The SMILES string of the molecule is O=C(NCc1cccs1)c1cn(Cc2ccccc2)nc1-c1cccnc1. The van der Waals surface area contributed by atoms with E-state index in [4.69, 9.17) is 0 Å². The normalized spacial score (nSPS) is 10.7. The number of aromatic nitrogens is 3. The fraction of sp³-hybridized carbons (Fsp3) is 0.0952. The maximum atomic E-state index is 12.8. The van der Waals surface area contributed by atoms with Gasteiger partial charge in [-0.2, -0.15) is 5.10 Å². The van der Waals surface area contributed by atoms with Crippen LogP contribution in [0.1, 0.15) is 20.8 Å². The fourth-order valence-electron chi connectivity index (χ4n) is 2.83. The molecule has 0 fully saturated rings. The molecular formula is C21H18N4OS. The molecule has 27 heavy (non-hydrogen) atoms. The number of hydrogen-bond donors (Lipinski definition) is 1. The van der Waals surface area contributed by atoms with Gasteiger partial charge in [0.15, 0.2) is 0 Å². The number of pyridine rings is 1. The molecule has 1 N–H and O–H groups in total. The van der Waals surface area contributed by atoms with E-state index in [1.165, 1.54) is 0 Å². The van der Waals surface area contributed by atoms with Crippen LogP contribution < -0.4 is 5.32 Å². The van der Waals surface area contributed by atoms with Crippen LogP contribution in [-0.2, 0) is 13.1 Å². The zero-order valence-corrected chi connectivity index (χ0v) is 15.4. The van der Waals surface area contributed by atoms with Crippen molar-refractivity contribution in [1.29, 1.82) is 0 Å². The first-order valence-corrected chi connectivity index (χ1v) is 9.50. The molecule has 0 aliphatic heterocycles. The number of hydrogen-bond acceptors (Lipinski definition) is 4. The van der Waals surface area contributed by atoms with E-state index in [1.807, 2.05) is 60.0 Å². The molecule has 0 saturated carbocycles. The van der Waals surface area contributed by atoms with Gasteiger partial charge in [0.2, 0.25) is 0 Å². The first-order valence-electron chi connectivity index (χ1n) is 8.62. The molecule has 3 heterocycles. The van der Waals surface area contributed by atoms with E-state index in [0.717, 1.165) is 16.0 Å². The lowest BCUT2D eigenvalue weighted by Crippen LogP contribution is -2.22. The zero-order valence-electron chi connectivity index (χ0n) is 14.6. The molecule has 0 unspecified atom stereocenters. The lowest BCUT2D eigenvalue weighted by atomic mass is 10.1. The number of thiophene rings is 1. The second-order valence-corrected chi connectivity index (χ2v) is 7.11. The van der Waals surface area contributed by atoms with Crippen molar-refractivity contribution in [2.24, 2.45) is 0 Å². The van der Waals surface area contributed by atoms with Gasteiger partial charge in [-0.15, -0.1) is 11.3 Å². The molecular weight excluding hydrogens is 356 g/mol. The Hall–Kier alpha value is -3.25. The Morgan fingerprint density at radius 3 is 2.70 bits per heavy atom. The standard InChI is InChI=1S/C21H18N4OS/c26-21(23-13-18-9-5-11-27-18)19-15-25(14-16-6-2-1-3-7-16)24-20(19)17-8-4-10-22-12-17/h1-12,15H,13-14H2,(H,23,26). The molecule has 134 valence electrons. The summed E-state index contributed by atoms with van der Waals surface area (Å²) >= 11 is 1.62. The average Bonchev–Trinajstić information content (AvgIpc) is 3.38. The Bertz CT molecular complexity index is 1010. The van der Waals surface area contributed by atoms with E-state index in [0.29, 0.717) is 24.3 Å². The Morgan fingerprint density at radius 2 is 1.96 bits per heavy atom. The molecule has 0 bridgehead atoms. The van der Waals surface area contributed by atoms with Gasteiger partial charge in [-0.3, -0.25) is 14.5 Å². The number of carbonyl (C=O) groups is 1. The van der Waals surface area contributed by atoms with Crippen LogP contribution in [-0.4, -0.2) is 20.7 Å². The first-order chi connectivity index (χ1) is 13.3. The summed E-state index contributed by atoms with van der Waals surface area (Å²) in [5, 5.41) is 9.65. The molecule has 1 aromatic carbocycles.